The molecule has 5 amide bonds. The summed E-state index contributed by atoms with van der Waals surface area (Å²) in [5, 5.41) is 10.5. The standard InChI is InChI=1S/C43H61N5O11/c1-29(49)45-34(28-58-42(2,3)4)38(52)47-33(25-36(50)59-43(5,6)7)37(51)46-32(21-14-15-23-44-41(55)57-27-31-19-12-9-13-20-31)39(53)48-24-16-22-35(48)40(54)56-26-30-17-10-8-11-18-30/h8-13,17-20,32-35H,14-16,21-28H2,1-7H3,(H,44,55)(H,45,49)(H,46,51)(H,47,52)/t32-,33-,34-,35-/m0/s1. The molecule has 0 radical (unpaired) electrons. The first-order valence-corrected chi connectivity index (χ1v) is 20.0. The van der Waals surface area contributed by atoms with Crippen LogP contribution in [0.4, 0.5) is 4.79 Å². The van der Waals surface area contributed by atoms with E-state index in [4.69, 9.17) is 18.9 Å². The van der Waals surface area contributed by atoms with Crippen LogP contribution in [0.5, 0.6) is 0 Å². The molecule has 324 valence electrons. The number of likely N-dealkylation sites (tertiary alicyclic amines) is 1. The van der Waals surface area contributed by atoms with Gasteiger partial charge in [-0.25, -0.2) is 9.59 Å². The van der Waals surface area contributed by atoms with E-state index in [9.17, 15) is 33.6 Å². The van der Waals surface area contributed by atoms with Gasteiger partial charge in [-0.15, -0.1) is 0 Å². The number of unbranched alkanes of at least 4 members (excludes halogenated alkanes) is 1. The second kappa shape index (κ2) is 23.2. The zero-order valence-electron chi connectivity index (χ0n) is 35.3. The molecule has 0 aliphatic carbocycles. The van der Waals surface area contributed by atoms with Gasteiger partial charge in [0.2, 0.25) is 23.6 Å². The Labute approximate surface area is 346 Å². The maximum absolute atomic E-state index is 14.3. The van der Waals surface area contributed by atoms with Crippen molar-refractivity contribution in [3.63, 3.8) is 0 Å². The van der Waals surface area contributed by atoms with Crippen molar-refractivity contribution in [2.45, 2.75) is 136 Å². The number of esters is 2. The lowest BCUT2D eigenvalue weighted by Gasteiger charge is -2.30. The van der Waals surface area contributed by atoms with Gasteiger partial charge >= 0.3 is 18.0 Å². The smallest absolute Gasteiger partial charge is 0.407 e. The van der Waals surface area contributed by atoms with Crippen LogP contribution in [-0.4, -0.2) is 102 Å². The minimum atomic E-state index is -1.54. The van der Waals surface area contributed by atoms with Crippen molar-refractivity contribution in [1.29, 1.82) is 0 Å². The number of hydrogen-bond acceptors (Lipinski definition) is 11. The van der Waals surface area contributed by atoms with Gasteiger partial charge in [0.25, 0.3) is 0 Å². The SMILES string of the molecule is CC(=O)N[C@@H](COC(C)(C)C)C(=O)N[C@@H](CC(=O)OC(C)(C)C)C(=O)N[C@@H](CCCCNC(=O)OCc1ccccc1)C(=O)N1CCC[C@H]1C(=O)OCc1ccccc1. The number of carbonyl (C=O) groups is 7. The third kappa shape index (κ3) is 18.3. The fourth-order valence-corrected chi connectivity index (χ4v) is 6.06. The van der Waals surface area contributed by atoms with Gasteiger partial charge in [0.15, 0.2) is 0 Å². The molecule has 1 aliphatic rings. The summed E-state index contributed by atoms with van der Waals surface area (Å²) in [4.78, 5) is 94.2. The third-order valence-corrected chi connectivity index (χ3v) is 8.85. The Bertz CT molecular complexity index is 1710. The number of carbonyl (C=O) groups excluding carboxylic acids is 7. The zero-order valence-corrected chi connectivity index (χ0v) is 35.3. The van der Waals surface area contributed by atoms with Crippen LogP contribution in [0.2, 0.25) is 0 Å². The van der Waals surface area contributed by atoms with Crippen molar-refractivity contribution in [3.05, 3.63) is 71.8 Å². The van der Waals surface area contributed by atoms with Gasteiger partial charge in [0.05, 0.1) is 18.6 Å². The van der Waals surface area contributed by atoms with E-state index in [0.717, 1.165) is 11.1 Å². The van der Waals surface area contributed by atoms with Crippen molar-refractivity contribution in [2.24, 2.45) is 0 Å². The molecule has 2 aromatic carbocycles. The van der Waals surface area contributed by atoms with Gasteiger partial charge in [-0.2, -0.15) is 0 Å². The minimum Gasteiger partial charge on any atom is -0.460 e. The van der Waals surface area contributed by atoms with E-state index < -0.39 is 83.5 Å². The lowest BCUT2D eigenvalue weighted by atomic mass is 10.1. The number of amides is 5. The average Bonchev–Trinajstić information content (AvgIpc) is 3.66. The summed E-state index contributed by atoms with van der Waals surface area (Å²) in [6.07, 6.45) is 0.468. The second-order valence-electron chi connectivity index (χ2n) is 16.4. The molecule has 0 spiro atoms. The van der Waals surface area contributed by atoms with Crippen LogP contribution < -0.4 is 21.3 Å². The normalized spacial score (nSPS) is 15.5. The van der Waals surface area contributed by atoms with Gasteiger partial charge in [-0.05, 0) is 84.8 Å². The van der Waals surface area contributed by atoms with E-state index in [2.05, 4.69) is 21.3 Å². The Morgan fingerprint density at radius 3 is 1.88 bits per heavy atom. The fraction of sp³-hybridized carbons (Fsp3) is 0.558. The number of ether oxygens (including phenoxy) is 4. The van der Waals surface area contributed by atoms with E-state index in [-0.39, 0.29) is 39.3 Å². The molecule has 0 aromatic heterocycles. The van der Waals surface area contributed by atoms with Gasteiger partial charge < -0.3 is 45.1 Å². The van der Waals surface area contributed by atoms with Crippen LogP contribution in [0.1, 0.15) is 98.1 Å². The van der Waals surface area contributed by atoms with Crippen molar-refractivity contribution in [3.8, 4) is 0 Å². The summed E-state index contributed by atoms with van der Waals surface area (Å²) < 4.78 is 22.1. The van der Waals surface area contributed by atoms with Crippen LogP contribution in [0, 0.1) is 0 Å². The lowest BCUT2D eigenvalue weighted by Crippen LogP contribution is -2.59. The van der Waals surface area contributed by atoms with Gasteiger partial charge in [0.1, 0.15) is 43.0 Å². The van der Waals surface area contributed by atoms with Crippen LogP contribution in [-0.2, 0) is 60.9 Å². The van der Waals surface area contributed by atoms with E-state index in [1.54, 1.807) is 41.5 Å². The van der Waals surface area contributed by atoms with E-state index in [1.165, 1.54) is 11.8 Å². The van der Waals surface area contributed by atoms with E-state index in [1.807, 2.05) is 60.7 Å². The van der Waals surface area contributed by atoms with Crippen molar-refractivity contribution < 1.29 is 52.5 Å². The number of benzene rings is 2. The number of alkyl carbamates (subject to hydrolysis) is 1. The molecule has 1 fully saturated rings. The van der Waals surface area contributed by atoms with Crippen molar-refractivity contribution in [1.82, 2.24) is 26.2 Å². The molecular formula is C43H61N5O11. The Kier molecular flexibility index (Phi) is 18.8. The predicted molar refractivity (Wildman–Crippen MR) is 217 cm³/mol. The molecule has 0 bridgehead atoms. The summed E-state index contributed by atoms with van der Waals surface area (Å²) in [6, 6.07) is 13.5. The summed E-state index contributed by atoms with van der Waals surface area (Å²) in [5.41, 5.74) is 0.0242. The lowest BCUT2D eigenvalue weighted by molar-refractivity contribution is -0.157. The summed E-state index contributed by atoms with van der Waals surface area (Å²) in [6.45, 7) is 11.8. The second-order valence-corrected chi connectivity index (χ2v) is 16.4. The summed E-state index contributed by atoms with van der Waals surface area (Å²) >= 11 is 0. The molecule has 1 saturated heterocycles. The number of hydrogen-bond donors (Lipinski definition) is 4. The number of nitrogens with one attached hydrogen (secondary N) is 4. The molecule has 59 heavy (non-hydrogen) atoms. The number of rotatable bonds is 20. The first-order chi connectivity index (χ1) is 27.8. The summed E-state index contributed by atoms with van der Waals surface area (Å²) in [5.74, 6) is -4.13. The Morgan fingerprint density at radius 1 is 0.729 bits per heavy atom. The molecule has 1 aliphatic heterocycles. The van der Waals surface area contributed by atoms with Gasteiger partial charge in [-0.3, -0.25) is 24.0 Å². The molecule has 16 heteroatoms. The van der Waals surface area contributed by atoms with E-state index in [0.29, 0.717) is 25.7 Å². The molecule has 2 aromatic rings. The predicted octanol–water partition coefficient (Wildman–Crippen LogP) is 3.84. The maximum Gasteiger partial charge on any atom is 0.407 e. The Balaban J connectivity index is 1.80. The molecule has 16 nitrogen and oxygen atoms in total. The highest BCUT2D eigenvalue weighted by Gasteiger charge is 2.40. The molecular weight excluding hydrogens is 762 g/mol. The molecule has 0 unspecified atom stereocenters. The monoisotopic (exact) mass is 823 g/mol. The summed E-state index contributed by atoms with van der Waals surface area (Å²) in [7, 11) is 0. The van der Waals surface area contributed by atoms with Crippen LogP contribution in [0.15, 0.2) is 60.7 Å². The molecule has 0 saturated carbocycles. The maximum atomic E-state index is 14.3. The molecule has 3 rings (SSSR count). The minimum absolute atomic E-state index is 0.0193. The Hall–Kier alpha value is -5.51. The highest BCUT2D eigenvalue weighted by Crippen LogP contribution is 2.22. The molecule has 4 atom stereocenters. The average molecular weight is 824 g/mol. The quantitative estimate of drug-likeness (QED) is 0.0858. The van der Waals surface area contributed by atoms with Gasteiger partial charge in [0, 0.05) is 20.0 Å². The van der Waals surface area contributed by atoms with Crippen molar-refractivity contribution in [2.75, 3.05) is 19.7 Å². The fourth-order valence-electron chi connectivity index (χ4n) is 6.06. The van der Waals surface area contributed by atoms with Crippen molar-refractivity contribution >= 4 is 41.7 Å². The van der Waals surface area contributed by atoms with E-state index >= 15 is 0 Å². The first kappa shape index (κ1) is 47.9. The first-order valence-electron chi connectivity index (χ1n) is 20.0. The Morgan fingerprint density at radius 2 is 1.31 bits per heavy atom. The third-order valence-electron chi connectivity index (χ3n) is 8.85. The molecule has 1 heterocycles. The van der Waals surface area contributed by atoms with Crippen LogP contribution in [0.3, 0.4) is 0 Å². The molecule has 4 N–H and O–H groups in total. The largest absolute Gasteiger partial charge is 0.460 e. The highest BCUT2D eigenvalue weighted by atomic mass is 16.6. The topological polar surface area (TPSA) is 208 Å². The van der Waals surface area contributed by atoms with Crippen LogP contribution in [0.25, 0.3) is 0 Å². The number of nitrogens with zero attached hydrogens (tertiary/aromatic N) is 1. The highest BCUT2D eigenvalue weighted by molar-refractivity contribution is 5.96. The van der Waals surface area contributed by atoms with Gasteiger partial charge in [-0.1, -0.05) is 60.7 Å². The zero-order chi connectivity index (χ0) is 43.6. The van der Waals surface area contributed by atoms with Crippen LogP contribution >= 0.6 is 0 Å².